The first-order valence-electron chi connectivity index (χ1n) is 6.81. The summed E-state index contributed by atoms with van der Waals surface area (Å²) in [6.07, 6.45) is 0.852. The molecule has 1 unspecified atom stereocenters. The van der Waals surface area contributed by atoms with E-state index in [1.165, 1.54) is 0 Å². The molecular formula is C15H17ClO5. The van der Waals surface area contributed by atoms with Crippen LogP contribution in [0.5, 0.6) is 11.5 Å². The minimum Gasteiger partial charge on any atom is -0.490 e. The van der Waals surface area contributed by atoms with E-state index >= 15 is 0 Å². The van der Waals surface area contributed by atoms with Crippen LogP contribution in [0.4, 0.5) is 0 Å². The van der Waals surface area contributed by atoms with E-state index < -0.39 is 5.97 Å². The van der Waals surface area contributed by atoms with E-state index in [1.54, 1.807) is 19.1 Å². The molecule has 0 spiro atoms. The highest BCUT2D eigenvalue weighted by molar-refractivity contribution is 6.34. The minimum atomic E-state index is -0.917. The van der Waals surface area contributed by atoms with Crippen LogP contribution < -0.4 is 9.47 Å². The monoisotopic (exact) mass is 312 g/mol. The zero-order valence-electron chi connectivity index (χ0n) is 11.7. The molecule has 0 aromatic heterocycles. The lowest BCUT2D eigenvalue weighted by Gasteiger charge is -2.12. The highest BCUT2D eigenvalue weighted by atomic mass is 35.5. The number of carboxylic acid groups (broad SMARTS) is 1. The van der Waals surface area contributed by atoms with Gasteiger partial charge in [-0.15, -0.1) is 0 Å². The van der Waals surface area contributed by atoms with Crippen LogP contribution in [-0.2, 0) is 4.79 Å². The maximum absolute atomic E-state index is 12.3. The third-order valence-corrected chi connectivity index (χ3v) is 3.51. The lowest BCUT2D eigenvalue weighted by molar-refractivity contribution is -0.137. The number of benzene rings is 1. The summed E-state index contributed by atoms with van der Waals surface area (Å²) in [6.45, 7) is 2.80. The quantitative estimate of drug-likeness (QED) is 0.845. The number of carboxylic acids is 1. The van der Waals surface area contributed by atoms with Crippen molar-refractivity contribution in [3.05, 3.63) is 22.7 Å². The molecule has 1 aliphatic heterocycles. The van der Waals surface area contributed by atoms with Gasteiger partial charge in [0.2, 0.25) is 0 Å². The van der Waals surface area contributed by atoms with Gasteiger partial charge in [0, 0.05) is 30.9 Å². The summed E-state index contributed by atoms with van der Waals surface area (Å²) in [4.78, 5) is 22.9. The smallest absolute Gasteiger partial charge is 0.303 e. The van der Waals surface area contributed by atoms with Crippen molar-refractivity contribution in [2.45, 2.75) is 26.2 Å². The summed E-state index contributed by atoms with van der Waals surface area (Å²) in [5.74, 6) is -0.315. The first-order valence-corrected chi connectivity index (χ1v) is 7.19. The van der Waals surface area contributed by atoms with Gasteiger partial charge >= 0.3 is 5.97 Å². The van der Waals surface area contributed by atoms with Crippen molar-refractivity contribution < 1.29 is 24.2 Å². The number of carbonyl (C=O) groups excluding carboxylic acids is 1. The van der Waals surface area contributed by atoms with Gasteiger partial charge in [0.05, 0.1) is 18.2 Å². The lowest BCUT2D eigenvalue weighted by Crippen LogP contribution is -2.11. The first-order chi connectivity index (χ1) is 9.97. The number of ketones is 1. The number of carbonyl (C=O) groups is 2. The minimum absolute atomic E-state index is 0.0477. The SMILES string of the molecule is CC(CC(=O)O)CC(=O)c1cc2c(cc1Cl)OCCCO2. The molecule has 2 rings (SSSR count). The molecule has 0 saturated carbocycles. The average Bonchev–Trinajstić information content (AvgIpc) is 2.61. The normalized spacial score (nSPS) is 15.1. The third kappa shape index (κ3) is 4.11. The maximum atomic E-state index is 12.3. The van der Waals surface area contributed by atoms with Crippen LogP contribution in [0.25, 0.3) is 0 Å². The first kappa shape index (κ1) is 15.6. The van der Waals surface area contributed by atoms with Crippen molar-refractivity contribution in [2.24, 2.45) is 5.92 Å². The predicted molar refractivity (Wildman–Crippen MR) is 77.4 cm³/mol. The third-order valence-electron chi connectivity index (χ3n) is 3.19. The fourth-order valence-electron chi connectivity index (χ4n) is 2.19. The number of fused-ring (bicyclic) bond motifs is 1. The molecule has 1 N–H and O–H groups in total. The Labute approximate surface area is 127 Å². The molecule has 1 aromatic carbocycles. The summed E-state index contributed by atoms with van der Waals surface area (Å²) < 4.78 is 11.0. The fourth-order valence-corrected chi connectivity index (χ4v) is 2.45. The molecule has 0 saturated heterocycles. The van der Waals surface area contributed by atoms with Crippen LogP contribution in [0.2, 0.25) is 5.02 Å². The van der Waals surface area contributed by atoms with E-state index in [2.05, 4.69) is 0 Å². The van der Waals surface area contributed by atoms with Crippen LogP contribution in [0.3, 0.4) is 0 Å². The van der Waals surface area contributed by atoms with Gasteiger partial charge in [0.15, 0.2) is 17.3 Å². The molecule has 1 heterocycles. The Morgan fingerprint density at radius 3 is 2.48 bits per heavy atom. The van der Waals surface area contributed by atoms with E-state index in [0.717, 1.165) is 6.42 Å². The Hall–Kier alpha value is -1.75. The van der Waals surface area contributed by atoms with Crippen LogP contribution in [0.1, 0.15) is 36.5 Å². The highest BCUT2D eigenvalue weighted by Gasteiger charge is 2.20. The number of halogens is 1. The van der Waals surface area contributed by atoms with E-state index in [1.807, 2.05) is 0 Å². The number of ether oxygens (including phenoxy) is 2. The molecule has 0 bridgehead atoms. The van der Waals surface area contributed by atoms with Crippen LogP contribution in [0.15, 0.2) is 12.1 Å². The Morgan fingerprint density at radius 1 is 1.24 bits per heavy atom. The van der Waals surface area contributed by atoms with E-state index in [-0.39, 0.29) is 24.5 Å². The Morgan fingerprint density at radius 2 is 1.86 bits per heavy atom. The van der Waals surface area contributed by atoms with Crippen LogP contribution >= 0.6 is 11.6 Å². The molecule has 114 valence electrons. The van der Waals surface area contributed by atoms with Gasteiger partial charge in [0.1, 0.15) is 0 Å². The molecule has 6 heteroatoms. The second-order valence-corrected chi connectivity index (χ2v) is 5.57. The van der Waals surface area contributed by atoms with Gasteiger partial charge in [-0.3, -0.25) is 9.59 Å². The number of hydrogen-bond acceptors (Lipinski definition) is 4. The zero-order valence-corrected chi connectivity index (χ0v) is 12.5. The Kier molecular flexibility index (Phi) is 5.07. The van der Waals surface area contributed by atoms with E-state index in [9.17, 15) is 9.59 Å². The lowest BCUT2D eigenvalue weighted by atomic mass is 9.97. The van der Waals surface area contributed by atoms with Crippen molar-refractivity contribution in [2.75, 3.05) is 13.2 Å². The molecule has 0 radical (unpaired) electrons. The van der Waals surface area contributed by atoms with Gasteiger partial charge < -0.3 is 14.6 Å². The number of hydrogen-bond donors (Lipinski definition) is 1. The summed E-state index contributed by atoms with van der Waals surface area (Å²) >= 11 is 6.13. The number of aliphatic carboxylic acids is 1. The molecule has 1 aliphatic rings. The van der Waals surface area contributed by atoms with Gasteiger partial charge in [-0.2, -0.15) is 0 Å². The van der Waals surface area contributed by atoms with Crippen molar-refractivity contribution in [1.82, 2.24) is 0 Å². The van der Waals surface area contributed by atoms with E-state index in [0.29, 0.717) is 35.3 Å². The second-order valence-electron chi connectivity index (χ2n) is 5.16. The zero-order chi connectivity index (χ0) is 15.4. The summed E-state index contributed by atoms with van der Waals surface area (Å²) in [5.41, 5.74) is 0.346. The maximum Gasteiger partial charge on any atom is 0.303 e. The summed E-state index contributed by atoms with van der Waals surface area (Å²) in [5, 5.41) is 9.04. The van der Waals surface area contributed by atoms with E-state index in [4.69, 9.17) is 26.2 Å². The van der Waals surface area contributed by atoms with Crippen molar-refractivity contribution in [3.63, 3.8) is 0 Å². The van der Waals surface area contributed by atoms with Gasteiger partial charge in [-0.05, 0) is 12.0 Å². The number of rotatable bonds is 5. The largest absolute Gasteiger partial charge is 0.490 e. The molecule has 5 nitrogen and oxygen atoms in total. The Bertz CT molecular complexity index is 555. The molecule has 0 aliphatic carbocycles. The fraction of sp³-hybridized carbons (Fsp3) is 0.467. The highest BCUT2D eigenvalue weighted by Crippen LogP contribution is 2.35. The van der Waals surface area contributed by atoms with Crippen molar-refractivity contribution in [1.29, 1.82) is 0 Å². The van der Waals surface area contributed by atoms with Crippen LogP contribution in [0, 0.1) is 5.92 Å². The molecule has 21 heavy (non-hydrogen) atoms. The van der Waals surface area contributed by atoms with Gasteiger partial charge in [-0.1, -0.05) is 18.5 Å². The molecule has 0 amide bonds. The number of Topliss-reactive ketones (excluding diaryl/α,β-unsaturated/α-hetero) is 1. The van der Waals surface area contributed by atoms with Crippen molar-refractivity contribution in [3.8, 4) is 11.5 Å². The van der Waals surface area contributed by atoms with Gasteiger partial charge in [0.25, 0.3) is 0 Å². The Balaban J connectivity index is 2.17. The van der Waals surface area contributed by atoms with Crippen LogP contribution in [-0.4, -0.2) is 30.1 Å². The summed E-state index contributed by atoms with van der Waals surface area (Å²) in [7, 11) is 0. The standard InChI is InChI=1S/C15H17ClO5/c1-9(6-15(18)19)5-12(17)10-7-13-14(8-11(10)16)21-4-2-3-20-13/h7-9H,2-6H2,1H3,(H,18,19). The van der Waals surface area contributed by atoms with Gasteiger partial charge in [-0.25, -0.2) is 0 Å². The molecule has 1 aromatic rings. The topological polar surface area (TPSA) is 72.8 Å². The molecule has 0 fully saturated rings. The van der Waals surface area contributed by atoms with Crippen molar-refractivity contribution >= 4 is 23.4 Å². The molecule has 1 atom stereocenters. The average molecular weight is 313 g/mol. The summed E-state index contributed by atoms with van der Waals surface area (Å²) in [6, 6.07) is 3.16. The predicted octanol–water partition coefficient (Wildman–Crippen LogP) is 3.18. The molecular weight excluding hydrogens is 296 g/mol. The second kappa shape index (κ2) is 6.80.